The molecule has 6 heteroatoms. The number of rotatable bonds is 0. The second-order valence-corrected chi connectivity index (χ2v) is 3.21. The maximum atomic E-state index is 12.5. The van der Waals surface area contributed by atoms with E-state index in [4.69, 9.17) is 5.11 Å². The van der Waals surface area contributed by atoms with Crippen molar-refractivity contribution in [2.45, 2.75) is 13.1 Å². The summed E-state index contributed by atoms with van der Waals surface area (Å²) in [5.74, 6) is -0.0672. The lowest BCUT2D eigenvalue weighted by Gasteiger charge is -2.07. The zero-order valence-corrected chi connectivity index (χ0v) is 7.68. The number of H-pyrrole nitrogens is 1. The largest absolute Gasteiger partial charge is 0.508 e. The SMILES string of the molecule is Cc1nc2cc(O)cc(C(F)(F)F)c2[nH]1. The number of imidazole rings is 1. The smallest absolute Gasteiger partial charge is 0.418 e. The molecule has 0 aliphatic heterocycles. The molecule has 0 fully saturated rings. The summed E-state index contributed by atoms with van der Waals surface area (Å²) in [6.45, 7) is 1.55. The van der Waals surface area contributed by atoms with Crippen molar-refractivity contribution in [2.24, 2.45) is 0 Å². The summed E-state index contributed by atoms with van der Waals surface area (Å²) in [4.78, 5) is 6.35. The van der Waals surface area contributed by atoms with Crippen LogP contribution in [0.25, 0.3) is 11.0 Å². The highest BCUT2D eigenvalue weighted by Crippen LogP contribution is 2.36. The van der Waals surface area contributed by atoms with Crippen molar-refractivity contribution >= 4 is 11.0 Å². The highest BCUT2D eigenvalue weighted by Gasteiger charge is 2.34. The topological polar surface area (TPSA) is 48.9 Å². The van der Waals surface area contributed by atoms with Crippen molar-refractivity contribution in [1.82, 2.24) is 9.97 Å². The minimum atomic E-state index is -4.50. The van der Waals surface area contributed by atoms with E-state index in [1.54, 1.807) is 6.92 Å². The molecule has 1 aromatic carbocycles. The second kappa shape index (κ2) is 2.88. The Morgan fingerprint density at radius 1 is 1.33 bits per heavy atom. The Balaban J connectivity index is 2.82. The van der Waals surface area contributed by atoms with Gasteiger partial charge in [-0.3, -0.25) is 0 Å². The van der Waals surface area contributed by atoms with E-state index in [0.717, 1.165) is 0 Å². The van der Waals surface area contributed by atoms with Gasteiger partial charge in [0.05, 0.1) is 16.6 Å². The maximum absolute atomic E-state index is 12.5. The second-order valence-electron chi connectivity index (χ2n) is 3.21. The molecule has 0 amide bonds. The van der Waals surface area contributed by atoms with Gasteiger partial charge in [-0.2, -0.15) is 13.2 Å². The molecule has 0 aliphatic rings. The number of hydrogen-bond donors (Lipinski definition) is 2. The molecular formula is C9H7F3N2O. The number of fused-ring (bicyclic) bond motifs is 1. The lowest BCUT2D eigenvalue weighted by atomic mass is 10.1. The molecule has 1 aromatic heterocycles. The normalized spacial score (nSPS) is 12.3. The monoisotopic (exact) mass is 216 g/mol. The molecule has 2 N–H and O–H groups in total. The van der Waals surface area contributed by atoms with Crippen molar-refractivity contribution in [3.05, 3.63) is 23.5 Å². The van der Waals surface area contributed by atoms with Crippen molar-refractivity contribution in [3.8, 4) is 5.75 Å². The standard InChI is InChI=1S/C9H7F3N2O/c1-4-13-7-3-5(15)2-6(8(7)14-4)9(10,11)12/h2-3,15H,1H3,(H,13,14). The fourth-order valence-electron chi connectivity index (χ4n) is 1.44. The van der Waals surface area contributed by atoms with Crippen LogP contribution < -0.4 is 0 Å². The molecule has 80 valence electrons. The van der Waals surface area contributed by atoms with Crippen LogP contribution in [-0.4, -0.2) is 15.1 Å². The minimum Gasteiger partial charge on any atom is -0.508 e. The number of benzene rings is 1. The Hall–Kier alpha value is -1.72. The number of halogens is 3. The molecule has 0 saturated carbocycles. The summed E-state index contributed by atoms with van der Waals surface area (Å²) in [5.41, 5.74) is -0.893. The van der Waals surface area contributed by atoms with E-state index in [1.165, 1.54) is 6.07 Å². The van der Waals surface area contributed by atoms with Crippen molar-refractivity contribution in [3.63, 3.8) is 0 Å². The lowest BCUT2D eigenvalue weighted by Crippen LogP contribution is -2.05. The van der Waals surface area contributed by atoms with Crippen molar-refractivity contribution in [1.29, 1.82) is 0 Å². The number of aryl methyl sites for hydroxylation is 1. The fourth-order valence-corrected chi connectivity index (χ4v) is 1.44. The van der Waals surface area contributed by atoms with E-state index in [2.05, 4.69) is 9.97 Å². The van der Waals surface area contributed by atoms with Gasteiger partial charge in [0.15, 0.2) is 0 Å². The molecule has 3 nitrogen and oxygen atoms in total. The Bertz CT molecular complexity index is 516. The Labute approximate surface area is 82.6 Å². The predicted octanol–water partition coefficient (Wildman–Crippen LogP) is 2.60. The molecule has 15 heavy (non-hydrogen) atoms. The van der Waals surface area contributed by atoms with Crippen LogP contribution in [0, 0.1) is 6.92 Å². The predicted molar refractivity (Wildman–Crippen MR) is 47.5 cm³/mol. The Morgan fingerprint density at radius 3 is 2.60 bits per heavy atom. The molecule has 1 heterocycles. The van der Waals surface area contributed by atoms with Gasteiger partial charge in [0, 0.05) is 6.07 Å². The lowest BCUT2D eigenvalue weighted by molar-refractivity contribution is -0.136. The molecule has 0 atom stereocenters. The van der Waals surface area contributed by atoms with E-state index in [9.17, 15) is 13.2 Å². The van der Waals surface area contributed by atoms with Crippen LogP contribution >= 0.6 is 0 Å². The van der Waals surface area contributed by atoms with Gasteiger partial charge in [-0.1, -0.05) is 0 Å². The molecular weight excluding hydrogens is 209 g/mol. The Morgan fingerprint density at radius 2 is 2.00 bits per heavy atom. The first kappa shape index (κ1) is 9.82. The highest BCUT2D eigenvalue weighted by molar-refractivity contribution is 5.81. The molecule has 2 rings (SSSR count). The number of phenolic OH excluding ortho intramolecular Hbond substituents is 1. The quantitative estimate of drug-likeness (QED) is 0.711. The van der Waals surface area contributed by atoms with Gasteiger partial charge in [-0.05, 0) is 13.0 Å². The van der Waals surface area contributed by atoms with Gasteiger partial charge in [0.25, 0.3) is 0 Å². The summed E-state index contributed by atoms with van der Waals surface area (Å²) in [7, 11) is 0. The first-order chi connectivity index (χ1) is 6.88. The van der Waals surface area contributed by atoms with E-state index < -0.39 is 17.5 Å². The van der Waals surface area contributed by atoms with Crippen LogP contribution in [0.4, 0.5) is 13.2 Å². The molecule has 2 aromatic rings. The first-order valence-corrected chi connectivity index (χ1v) is 4.14. The Kier molecular flexibility index (Phi) is 1.89. The van der Waals surface area contributed by atoms with Crippen molar-refractivity contribution in [2.75, 3.05) is 0 Å². The van der Waals surface area contributed by atoms with Gasteiger partial charge in [0.2, 0.25) is 0 Å². The minimum absolute atomic E-state index is 0.0993. The molecule has 0 radical (unpaired) electrons. The highest BCUT2D eigenvalue weighted by atomic mass is 19.4. The van der Waals surface area contributed by atoms with Gasteiger partial charge in [-0.15, -0.1) is 0 Å². The number of nitrogens with zero attached hydrogens (tertiary/aromatic N) is 1. The zero-order valence-electron chi connectivity index (χ0n) is 7.68. The maximum Gasteiger partial charge on any atom is 0.418 e. The van der Waals surface area contributed by atoms with Crippen LogP contribution in [0.5, 0.6) is 5.75 Å². The number of nitrogens with one attached hydrogen (secondary N) is 1. The summed E-state index contributed by atoms with van der Waals surface area (Å²) in [6, 6.07) is 1.87. The van der Waals surface area contributed by atoms with Crippen LogP contribution in [0.3, 0.4) is 0 Å². The van der Waals surface area contributed by atoms with E-state index in [1.807, 2.05) is 0 Å². The molecule has 0 bridgehead atoms. The molecule has 0 aliphatic carbocycles. The van der Waals surface area contributed by atoms with Gasteiger partial charge in [0.1, 0.15) is 11.6 Å². The fraction of sp³-hybridized carbons (Fsp3) is 0.222. The van der Waals surface area contributed by atoms with E-state index >= 15 is 0 Å². The molecule has 0 spiro atoms. The number of hydrogen-bond acceptors (Lipinski definition) is 2. The van der Waals surface area contributed by atoms with E-state index in [-0.39, 0.29) is 11.0 Å². The van der Waals surface area contributed by atoms with Gasteiger partial charge in [-0.25, -0.2) is 4.98 Å². The zero-order chi connectivity index (χ0) is 11.2. The number of alkyl halides is 3. The first-order valence-electron chi connectivity index (χ1n) is 4.14. The summed E-state index contributed by atoms with van der Waals surface area (Å²) < 4.78 is 37.6. The van der Waals surface area contributed by atoms with Gasteiger partial charge >= 0.3 is 6.18 Å². The van der Waals surface area contributed by atoms with Crippen LogP contribution in [0.1, 0.15) is 11.4 Å². The third kappa shape index (κ3) is 1.62. The summed E-state index contributed by atoms with van der Waals surface area (Å²) in [6.07, 6.45) is -4.50. The number of phenols is 1. The van der Waals surface area contributed by atoms with Gasteiger partial charge < -0.3 is 10.1 Å². The number of aromatic nitrogens is 2. The van der Waals surface area contributed by atoms with Crippen molar-refractivity contribution < 1.29 is 18.3 Å². The molecule has 0 saturated heterocycles. The van der Waals surface area contributed by atoms with Crippen LogP contribution in [0.2, 0.25) is 0 Å². The summed E-state index contributed by atoms with van der Waals surface area (Å²) >= 11 is 0. The van der Waals surface area contributed by atoms with E-state index in [0.29, 0.717) is 11.9 Å². The summed E-state index contributed by atoms with van der Waals surface area (Å²) in [5, 5.41) is 9.13. The van der Waals surface area contributed by atoms with Crippen LogP contribution in [0.15, 0.2) is 12.1 Å². The average Bonchev–Trinajstić information content (AvgIpc) is 2.41. The molecule has 0 unspecified atom stereocenters. The number of aromatic hydroxyl groups is 1. The average molecular weight is 216 g/mol. The third-order valence-electron chi connectivity index (χ3n) is 2.00. The number of aromatic amines is 1. The van der Waals surface area contributed by atoms with Crippen LogP contribution in [-0.2, 0) is 6.18 Å². The third-order valence-corrected chi connectivity index (χ3v) is 2.00.